The second-order valence-electron chi connectivity index (χ2n) is 6.10. The first kappa shape index (κ1) is 18.4. The summed E-state index contributed by atoms with van der Waals surface area (Å²) in [5, 5.41) is 13.8. The Labute approximate surface area is 158 Å². The number of carbonyl (C=O) groups excluding carboxylic acids is 1. The van der Waals surface area contributed by atoms with E-state index in [1.54, 1.807) is 6.07 Å². The summed E-state index contributed by atoms with van der Waals surface area (Å²) >= 11 is 0. The molecule has 0 unspecified atom stereocenters. The molecule has 0 bridgehead atoms. The lowest BCUT2D eigenvalue weighted by Crippen LogP contribution is -2.32. The molecular weight excluding hydrogens is 340 g/mol. The third-order valence-electron chi connectivity index (χ3n) is 4.20. The Hall–Kier alpha value is -3.41. The van der Waals surface area contributed by atoms with Crippen LogP contribution >= 0.6 is 0 Å². The Morgan fingerprint density at radius 2 is 1.78 bits per heavy atom. The highest BCUT2D eigenvalue weighted by atomic mass is 16.5. The molecule has 0 radical (unpaired) electrons. The monoisotopic (exact) mass is 362 g/mol. The van der Waals surface area contributed by atoms with Crippen molar-refractivity contribution in [2.24, 2.45) is 0 Å². The van der Waals surface area contributed by atoms with Crippen LogP contribution in [-0.4, -0.2) is 29.4 Å². The van der Waals surface area contributed by atoms with E-state index >= 15 is 0 Å². The van der Waals surface area contributed by atoms with E-state index in [4.69, 9.17) is 4.74 Å². The van der Waals surface area contributed by atoms with Crippen LogP contribution in [-0.2, 0) is 0 Å². The summed E-state index contributed by atoms with van der Waals surface area (Å²) < 4.78 is 5.52. The number of carbonyl (C=O) groups is 1. The average molecular weight is 362 g/mol. The minimum absolute atomic E-state index is 0.266. The van der Waals surface area contributed by atoms with Gasteiger partial charge in [0.15, 0.2) is 0 Å². The van der Waals surface area contributed by atoms with Crippen molar-refractivity contribution in [3.8, 4) is 17.1 Å². The number of nitrogens with zero attached hydrogens (tertiary/aromatic N) is 2. The Morgan fingerprint density at radius 3 is 2.52 bits per heavy atom. The highest BCUT2D eigenvalue weighted by Gasteiger charge is 2.06. The zero-order valence-corrected chi connectivity index (χ0v) is 15.4. The van der Waals surface area contributed by atoms with Gasteiger partial charge < -0.3 is 15.4 Å². The fourth-order valence-corrected chi connectivity index (χ4v) is 2.53. The van der Waals surface area contributed by atoms with E-state index in [0.29, 0.717) is 19.0 Å². The first-order chi connectivity index (χ1) is 13.1. The van der Waals surface area contributed by atoms with Crippen molar-refractivity contribution < 1.29 is 9.53 Å². The Balaban J connectivity index is 1.43. The lowest BCUT2D eigenvalue weighted by molar-refractivity contribution is 0.246. The van der Waals surface area contributed by atoms with Crippen LogP contribution in [0.15, 0.2) is 60.7 Å². The van der Waals surface area contributed by atoms with E-state index in [9.17, 15) is 4.79 Å². The Kier molecular flexibility index (Phi) is 5.99. The maximum absolute atomic E-state index is 12.0. The minimum atomic E-state index is -0.266. The molecule has 0 saturated carbocycles. The van der Waals surface area contributed by atoms with Crippen LogP contribution in [0.4, 0.5) is 10.5 Å². The number of hydrogen-bond acceptors (Lipinski definition) is 4. The number of aryl methyl sites for hydroxylation is 1. The molecule has 2 aromatic carbocycles. The highest BCUT2D eigenvalue weighted by Crippen LogP contribution is 2.18. The van der Waals surface area contributed by atoms with Gasteiger partial charge in [-0.05, 0) is 37.1 Å². The van der Waals surface area contributed by atoms with E-state index in [1.807, 2.05) is 68.4 Å². The lowest BCUT2D eigenvalue weighted by Gasteiger charge is -2.11. The first-order valence-corrected chi connectivity index (χ1v) is 8.76. The van der Waals surface area contributed by atoms with Crippen LogP contribution in [0, 0.1) is 13.8 Å². The molecule has 0 aliphatic rings. The minimum Gasteiger partial charge on any atom is -0.475 e. The van der Waals surface area contributed by atoms with E-state index in [0.717, 1.165) is 28.1 Å². The SMILES string of the molecule is Cc1cccc(NC(=O)NCCOc2ccc(-c3ccccc3)nn2)c1C. The largest absolute Gasteiger partial charge is 0.475 e. The van der Waals surface area contributed by atoms with Crippen molar-refractivity contribution in [2.75, 3.05) is 18.5 Å². The summed E-state index contributed by atoms with van der Waals surface area (Å²) in [5.41, 5.74) is 4.78. The zero-order valence-electron chi connectivity index (χ0n) is 15.4. The molecule has 138 valence electrons. The molecule has 6 nitrogen and oxygen atoms in total. The summed E-state index contributed by atoms with van der Waals surface area (Å²) in [4.78, 5) is 12.0. The maximum Gasteiger partial charge on any atom is 0.319 e. The average Bonchev–Trinajstić information content (AvgIpc) is 2.70. The Morgan fingerprint density at radius 1 is 0.963 bits per heavy atom. The molecule has 0 atom stereocenters. The molecule has 0 fully saturated rings. The van der Waals surface area contributed by atoms with Gasteiger partial charge in [-0.3, -0.25) is 0 Å². The van der Waals surface area contributed by atoms with E-state index in [1.165, 1.54) is 0 Å². The van der Waals surface area contributed by atoms with Gasteiger partial charge in [-0.25, -0.2) is 4.79 Å². The van der Waals surface area contributed by atoms with Crippen molar-refractivity contribution in [3.63, 3.8) is 0 Å². The van der Waals surface area contributed by atoms with Gasteiger partial charge in [0.25, 0.3) is 0 Å². The van der Waals surface area contributed by atoms with Gasteiger partial charge in [0, 0.05) is 17.3 Å². The second-order valence-corrected chi connectivity index (χ2v) is 6.10. The Bertz CT molecular complexity index is 896. The number of aromatic nitrogens is 2. The molecule has 2 N–H and O–H groups in total. The first-order valence-electron chi connectivity index (χ1n) is 8.76. The van der Waals surface area contributed by atoms with Crippen molar-refractivity contribution in [3.05, 3.63) is 71.8 Å². The van der Waals surface area contributed by atoms with E-state index in [2.05, 4.69) is 20.8 Å². The zero-order chi connectivity index (χ0) is 19.1. The molecule has 2 amide bonds. The van der Waals surface area contributed by atoms with Crippen LogP contribution in [0.1, 0.15) is 11.1 Å². The van der Waals surface area contributed by atoms with Gasteiger partial charge in [-0.15, -0.1) is 10.2 Å². The van der Waals surface area contributed by atoms with Gasteiger partial charge in [0.1, 0.15) is 6.61 Å². The lowest BCUT2D eigenvalue weighted by atomic mass is 10.1. The van der Waals surface area contributed by atoms with Gasteiger partial charge >= 0.3 is 6.03 Å². The van der Waals surface area contributed by atoms with Crippen molar-refractivity contribution in [2.45, 2.75) is 13.8 Å². The van der Waals surface area contributed by atoms with E-state index < -0.39 is 0 Å². The quantitative estimate of drug-likeness (QED) is 0.651. The third-order valence-corrected chi connectivity index (χ3v) is 4.20. The fraction of sp³-hybridized carbons (Fsp3) is 0.190. The predicted molar refractivity (Wildman–Crippen MR) is 106 cm³/mol. The van der Waals surface area contributed by atoms with Crippen molar-refractivity contribution >= 4 is 11.7 Å². The van der Waals surface area contributed by atoms with Gasteiger partial charge in [0.2, 0.25) is 5.88 Å². The topological polar surface area (TPSA) is 76.1 Å². The number of nitrogens with one attached hydrogen (secondary N) is 2. The molecule has 0 aliphatic heterocycles. The molecule has 0 spiro atoms. The number of urea groups is 1. The molecule has 1 heterocycles. The van der Waals surface area contributed by atoms with Crippen LogP contribution in [0.25, 0.3) is 11.3 Å². The fourth-order valence-electron chi connectivity index (χ4n) is 2.53. The van der Waals surface area contributed by atoms with E-state index in [-0.39, 0.29) is 6.03 Å². The molecule has 3 aromatic rings. The summed E-state index contributed by atoms with van der Waals surface area (Å²) in [5.74, 6) is 0.423. The number of hydrogen-bond donors (Lipinski definition) is 2. The molecule has 1 aromatic heterocycles. The molecule has 3 rings (SSSR count). The standard InChI is InChI=1S/C21H22N4O2/c1-15-7-6-10-18(16(15)2)23-21(26)22-13-14-27-20-12-11-19(24-25-20)17-8-4-3-5-9-17/h3-12H,13-14H2,1-2H3,(H2,22,23,26). The van der Waals surface area contributed by atoms with Crippen molar-refractivity contribution in [1.82, 2.24) is 15.5 Å². The molecule has 0 saturated heterocycles. The summed E-state index contributed by atoms with van der Waals surface area (Å²) in [6.45, 7) is 4.65. The molecular formula is C21H22N4O2. The molecule has 0 aliphatic carbocycles. The summed E-state index contributed by atoms with van der Waals surface area (Å²) in [6.07, 6.45) is 0. The normalized spacial score (nSPS) is 10.3. The summed E-state index contributed by atoms with van der Waals surface area (Å²) in [6, 6.07) is 19.0. The number of amides is 2. The van der Waals surface area contributed by atoms with Crippen LogP contribution in [0.3, 0.4) is 0 Å². The van der Waals surface area contributed by atoms with Gasteiger partial charge in [0.05, 0.1) is 12.2 Å². The number of ether oxygens (including phenoxy) is 1. The van der Waals surface area contributed by atoms with Gasteiger partial charge in [-0.1, -0.05) is 42.5 Å². The highest BCUT2D eigenvalue weighted by molar-refractivity contribution is 5.90. The van der Waals surface area contributed by atoms with Crippen LogP contribution < -0.4 is 15.4 Å². The third kappa shape index (κ3) is 5.04. The maximum atomic E-state index is 12.0. The second kappa shape index (κ2) is 8.80. The number of anilines is 1. The summed E-state index contributed by atoms with van der Waals surface area (Å²) in [7, 11) is 0. The van der Waals surface area contributed by atoms with Gasteiger partial charge in [-0.2, -0.15) is 0 Å². The smallest absolute Gasteiger partial charge is 0.319 e. The van der Waals surface area contributed by atoms with Crippen LogP contribution in [0.5, 0.6) is 5.88 Å². The number of benzene rings is 2. The van der Waals surface area contributed by atoms with Crippen molar-refractivity contribution in [1.29, 1.82) is 0 Å². The van der Waals surface area contributed by atoms with Crippen LogP contribution in [0.2, 0.25) is 0 Å². The predicted octanol–water partition coefficient (Wildman–Crippen LogP) is 3.96. The molecule has 6 heteroatoms. The molecule has 27 heavy (non-hydrogen) atoms. The number of rotatable bonds is 6.